The van der Waals surface area contributed by atoms with Crippen molar-refractivity contribution in [3.63, 3.8) is 0 Å². The summed E-state index contributed by atoms with van der Waals surface area (Å²) in [6, 6.07) is 9.36. The van der Waals surface area contributed by atoms with Gasteiger partial charge in [0.2, 0.25) is 5.91 Å². The molecule has 0 aromatic heterocycles. The van der Waals surface area contributed by atoms with E-state index in [1.807, 2.05) is 12.1 Å². The van der Waals surface area contributed by atoms with E-state index in [9.17, 15) is 4.79 Å². The Bertz CT molecular complexity index is 460. The molecule has 1 aliphatic rings. The average molecular weight is 235 g/mol. The van der Waals surface area contributed by atoms with Crippen LogP contribution in [0.25, 0.3) is 0 Å². The molecule has 0 aliphatic heterocycles. The molecular formula is C12H11ClN2O. The molecule has 1 fully saturated rings. The van der Waals surface area contributed by atoms with Gasteiger partial charge in [0, 0.05) is 11.6 Å². The van der Waals surface area contributed by atoms with Crippen molar-refractivity contribution in [2.45, 2.75) is 19.4 Å². The number of amides is 1. The molecule has 1 aromatic carbocycles. The lowest BCUT2D eigenvalue weighted by Gasteiger charge is -2.08. The van der Waals surface area contributed by atoms with Crippen molar-refractivity contribution in [2.24, 2.45) is 5.41 Å². The maximum atomic E-state index is 11.6. The second-order valence-electron chi connectivity index (χ2n) is 4.01. The van der Waals surface area contributed by atoms with E-state index in [1.54, 1.807) is 12.1 Å². The largest absolute Gasteiger partial charge is 0.351 e. The van der Waals surface area contributed by atoms with E-state index >= 15 is 0 Å². The van der Waals surface area contributed by atoms with Crippen molar-refractivity contribution in [1.29, 1.82) is 5.26 Å². The van der Waals surface area contributed by atoms with Gasteiger partial charge in [0.25, 0.3) is 0 Å². The highest BCUT2D eigenvalue weighted by atomic mass is 35.5. The van der Waals surface area contributed by atoms with Crippen LogP contribution in [0.4, 0.5) is 0 Å². The fraction of sp³-hybridized carbons (Fsp3) is 0.333. The normalized spacial score (nSPS) is 16.2. The molecular weight excluding hydrogens is 224 g/mol. The molecule has 3 nitrogen and oxygen atoms in total. The van der Waals surface area contributed by atoms with Crippen LogP contribution in [0.15, 0.2) is 24.3 Å². The van der Waals surface area contributed by atoms with Crippen molar-refractivity contribution in [3.8, 4) is 6.07 Å². The summed E-state index contributed by atoms with van der Waals surface area (Å²) in [6.45, 7) is 0.419. The highest BCUT2D eigenvalue weighted by Crippen LogP contribution is 2.44. The molecule has 82 valence electrons. The van der Waals surface area contributed by atoms with Crippen molar-refractivity contribution >= 4 is 17.5 Å². The molecule has 0 bridgehead atoms. The number of hydrogen-bond donors (Lipinski definition) is 1. The molecule has 1 saturated carbocycles. The maximum Gasteiger partial charge on any atom is 0.240 e. The zero-order chi connectivity index (χ0) is 11.6. The van der Waals surface area contributed by atoms with Crippen molar-refractivity contribution < 1.29 is 4.79 Å². The van der Waals surface area contributed by atoms with Gasteiger partial charge in [-0.25, -0.2) is 0 Å². The number of benzene rings is 1. The van der Waals surface area contributed by atoms with E-state index < -0.39 is 5.41 Å². The first-order chi connectivity index (χ1) is 7.66. The standard InChI is InChI=1S/C12H11ClN2O/c13-10-3-1-2-9(6-10)7-15-11(16)12(8-14)4-5-12/h1-3,6H,4-5,7H2,(H,15,16). The van der Waals surface area contributed by atoms with Gasteiger partial charge < -0.3 is 5.32 Å². The first-order valence-corrected chi connectivity index (χ1v) is 5.48. The maximum absolute atomic E-state index is 11.6. The third-order valence-corrected chi connectivity index (χ3v) is 2.98. The number of nitriles is 1. The van der Waals surface area contributed by atoms with Crippen LogP contribution in [-0.2, 0) is 11.3 Å². The molecule has 4 heteroatoms. The Morgan fingerprint density at radius 1 is 1.56 bits per heavy atom. The predicted molar refractivity (Wildman–Crippen MR) is 60.6 cm³/mol. The van der Waals surface area contributed by atoms with Gasteiger partial charge in [0.1, 0.15) is 5.41 Å². The summed E-state index contributed by atoms with van der Waals surface area (Å²) >= 11 is 5.82. The van der Waals surface area contributed by atoms with Crippen molar-refractivity contribution in [2.75, 3.05) is 0 Å². The lowest BCUT2D eigenvalue weighted by Crippen LogP contribution is -2.30. The topological polar surface area (TPSA) is 52.9 Å². The van der Waals surface area contributed by atoms with Gasteiger partial charge in [-0.3, -0.25) is 4.79 Å². The molecule has 0 heterocycles. The summed E-state index contributed by atoms with van der Waals surface area (Å²) < 4.78 is 0. The fourth-order valence-corrected chi connectivity index (χ4v) is 1.73. The van der Waals surface area contributed by atoms with Crippen LogP contribution in [0.5, 0.6) is 0 Å². The number of hydrogen-bond acceptors (Lipinski definition) is 2. The van der Waals surface area contributed by atoms with E-state index in [0.717, 1.165) is 5.56 Å². The number of carbonyl (C=O) groups is 1. The van der Waals surface area contributed by atoms with E-state index in [-0.39, 0.29) is 5.91 Å². The monoisotopic (exact) mass is 234 g/mol. The smallest absolute Gasteiger partial charge is 0.240 e. The van der Waals surface area contributed by atoms with Crippen LogP contribution in [0.2, 0.25) is 5.02 Å². The Balaban J connectivity index is 1.94. The van der Waals surface area contributed by atoms with Crippen LogP contribution >= 0.6 is 11.6 Å². The molecule has 0 unspecified atom stereocenters. The third kappa shape index (κ3) is 2.17. The van der Waals surface area contributed by atoms with E-state index in [4.69, 9.17) is 16.9 Å². The lowest BCUT2D eigenvalue weighted by atomic mass is 10.1. The van der Waals surface area contributed by atoms with Gasteiger partial charge in [-0.05, 0) is 30.5 Å². The zero-order valence-corrected chi connectivity index (χ0v) is 9.42. The Morgan fingerprint density at radius 2 is 2.31 bits per heavy atom. The van der Waals surface area contributed by atoms with E-state index in [1.165, 1.54) is 0 Å². The highest BCUT2D eigenvalue weighted by molar-refractivity contribution is 6.30. The SMILES string of the molecule is N#CC1(C(=O)NCc2cccc(Cl)c2)CC1. The first-order valence-electron chi connectivity index (χ1n) is 5.10. The van der Waals surface area contributed by atoms with Gasteiger partial charge in [-0.15, -0.1) is 0 Å². The Hall–Kier alpha value is -1.53. The van der Waals surface area contributed by atoms with Gasteiger partial charge in [0.15, 0.2) is 0 Å². The Labute approximate surface area is 99.0 Å². The fourth-order valence-electron chi connectivity index (χ4n) is 1.51. The second-order valence-corrected chi connectivity index (χ2v) is 4.44. The van der Waals surface area contributed by atoms with Crippen LogP contribution < -0.4 is 5.32 Å². The number of carbonyl (C=O) groups excluding carboxylic acids is 1. The summed E-state index contributed by atoms with van der Waals surface area (Å²) in [6.07, 6.45) is 1.34. The molecule has 1 N–H and O–H groups in total. The van der Waals surface area contributed by atoms with Gasteiger partial charge >= 0.3 is 0 Å². The molecule has 1 amide bonds. The number of rotatable bonds is 3. The molecule has 2 rings (SSSR count). The van der Waals surface area contributed by atoms with Crippen LogP contribution in [0.1, 0.15) is 18.4 Å². The third-order valence-electron chi connectivity index (χ3n) is 2.74. The van der Waals surface area contributed by atoms with Crippen molar-refractivity contribution in [1.82, 2.24) is 5.32 Å². The van der Waals surface area contributed by atoms with Crippen LogP contribution in [0.3, 0.4) is 0 Å². The minimum Gasteiger partial charge on any atom is -0.351 e. The Morgan fingerprint density at radius 3 is 2.88 bits per heavy atom. The molecule has 0 radical (unpaired) electrons. The van der Waals surface area contributed by atoms with Crippen molar-refractivity contribution in [3.05, 3.63) is 34.9 Å². The second kappa shape index (κ2) is 4.15. The van der Waals surface area contributed by atoms with Crippen LogP contribution in [0, 0.1) is 16.7 Å². The minimum atomic E-state index is -0.751. The quantitative estimate of drug-likeness (QED) is 0.872. The molecule has 1 aromatic rings. The number of nitrogens with one attached hydrogen (secondary N) is 1. The summed E-state index contributed by atoms with van der Waals surface area (Å²) in [5.74, 6) is -0.171. The molecule has 0 spiro atoms. The molecule has 0 saturated heterocycles. The summed E-state index contributed by atoms with van der Waals surface area (Å²) in [7, 11) is 0. The number of halogens is 1. The van der Waals surface area contributed by atoms with E-state index in [0.29, 0.717) is 24.4 Å². The Kier molecular flexibility index (Phi) is 2.84. The molecule has 0 atom stereocenters. The average Bonchev–Trinajstić information content (AvgIpc) is 3.07. The highest BCUT2D eigenvalue weighted by Gasteiger charge is 2.50. The summed E-state index contributed by atoms with van der Waals surface area (Å²) in [5, 5.41) is 12.2. The van der Waals surface area contributed by atoms with E-state index in [2.05, 4.69) is 11.4 Å². The molecule has 16 heavy (non-hydrogen) atoms. The van der Waals surface area contributed by atoms with Gasteiger partial charge in [0.05, 0.1) is 6.07 Å². The summed E-state index contributed by atoms with van der Waals surface area (Å²) in [5.41, 5.74) is 0.188. The molecule has 1 aliphatic carbocycles. The lowest BCUT2D eigenvalue weighted by molar-refractivity contribution is -0.124. The number of nitrogens with zero attached hydrogens (tertiary/aromatic N) is 1. The van der Waals surface area contributed by atoms with Crippen LogP contribution in [-0.4, -0.2) is 5.91 Å². The predicted octanol–water partition coefficient (Wildman–Crippen LogP) is 2.26. The van der Waals surface area contributed by atoms with Gasteiger partial charge in [-0.2, -0.15) is 5.26 Å². The van der Waals surface area contributed by atoms with Gasteiger partial charge in [-0.1, -0.05) is 23.7 Å². The zero-order valence-electron chi connectivity index (χ0n) is 8.66. The first kappa shape index (κ1) is 11.0. The summed E-state index contributed by atoms with van der Waals surface area (Å²) in [4.78, 5) is 11.6. The minimum absolute atomic E-state index is 0.171.